The first-order chi connectivity index (χ1) is 7.65. The van der Waals surface area contributed by atoms with Crippen LogP contribution < -0.4 is 11.1 Å². The molecule has 16 heavy (non-hydrogen) atoms. The van der Waals surface area contributed by atoms with Crippen molar-refractivity contribution >= 4 is 5.91 Å². The molecule has 0 aromatic rings. The predicted molar refractivity (Wildman–Crippen MR) is 62.8 cm³/mol. The summed E-state index contributed by atoms with van der Waals surface area (Å²) in [5.41, 5.74) is 6.08. The molecule has 0 spiro atoms. The van der Waals surface area contributed by atoms with E-state index in [0.29, 0.717) is 5.41 Å². The molecular formula is C13H22N2O. The van der Waals surface area contributed by atoms with Crippen LogP contribution in [-0.4, -0.2) is 18.0 Å². The summed E-state index contributed by atoms with van der Waals surface area (Å²) in [6.07, 6.45) is 9.35. The number of nitrogens with two attached hydrogens (primary N) is 1. The molecule has 3 N–H and O–H groups in total. The first kappa shape index (κ1) is 10.6. The van der Waals surface area contributed by atoms with Gasteiger partial charge >= 0.3 is 0 Å². The maximum Gasteiger partial charge on any atom is 0.240 e. The fourth-order valence-corrected chi connectivity index (χ4v) is 3.25. The molecule has 3 fully saturated rings. The third-order valence-corrected chi connectivity index (χ3v) is 4.88. The Kier molecular flexibility index (Phi) is 2.29. The minimum absolute atomic E-state index is 0.108. The highest BCUT2D eigenvalue weighted by atomic mass is 16.2. The Morgan fingerprint density at radius 2 is 1.81 bits per heavy atom. The topological polar surface area (TPSA) is 55.1 Å². The molecule has 3 saturated carbocycles. The van der Waals surface area contributed by atoms with E-state index in [9.17, 15) is 4.79 Å². The van der Waals surface area contributed by atoms with E-state index in [1.54, 1.807) is 0 Å². The van der Waals surface area contributed by atoms with Crippen molar-refractivity contribution in [3.8, 4) is 0 Å². The van der Waals surface area contributed by atoms with Gasteiger partial charge in [0.25, 0.3) is 0 Å². The van der Waals surface area contributed by atoms with Gasteiger partial charge in [-0.15, -0.1) is 0 Å². The van der Waals surface area contributed by atoms with Crippen molar-refractivity contribution in [1.29, 1.82) is 0 Å². The second-order valence-corrected chi connectivity index (χ2v) is 6.18. The number of carbonyl (C=O) groups is 1. The zero-order valence-corrected chi connectivity index (χ0v) is 9.93. The van der Waals surface area contributed by atoms with E-state index >= 15 is 0 Å². The second kappa shape index (κ2) is 3.46. The molecular weight excluding hydrogens is 200 g/mol. The molecule has 90 valence electrons. The SMILES string of the molecule is NC1(C(=O)NCC2(C3CC3)CC2)CCCC1. The van der Waals surface area contributed by atoms with Gasteiger partial charge in [-0.25, -0.2) is 0 Å². The average Bonchev–Trinajstić information content (AvgIpc) is 3.15. The van der Waals surface area contributed by atoms with Crippen LogP contribution in [0, 0.1) is 11.3 Å². The third kappa shape index (κ3) is 1.75. The molecule has 0 aliphatic heterocycles. The van der Waals surface area contributed by atoms with Crippen LogP contribution in [0.3, 0.4) is 0 Å². The van der Waals surface area contributed by atoms with Crippen molar-refractivity contribution in [1.82, 2.24) is 5.32 Å². The summed E-state index contributed by atoms with van der Waals surface area (Å²) in [4.78, 5) is 12.0. The van der Waals surface area contributed by atoms with Crippen LogP contribution in [0.5, 0.6) is 0 Å². The summed E-state index contributed by atoms with van der Waals surface area (Å²) in [5.74, 6) is 1.02. The van der Waals surface area contributed by atoms with Crippen LogP contribution in [-0.2, 0) is 4.79 Å². The number of hydrogen-bond donors (Lipinski definition) is 2. The molecule has 0 atom stereocenters. The Bertz CT molecular complexity index is 299. The second-order valence-electron chi connectivity index (χ2n) is 6.18. The van der Waals surface area contributed by atoms with Gasteiger partial charge in [0.1, 0.15) is 0 Å². The van der Waals surface area contributed by atoms with Crippen molar-refractivity contribution < 1.29 is 4.79 Å². The minimum Gasteiger partial charge on any atom is -0.354 e. The number of nitrogens with one attached hydrogen (secondary N) is 1. The molecule has 0 bridgehead atoms. The summed E-state index contributed by atoms with van der Waals surface area (Å²) in [6, 6.07) is 0. The Morgan fingerprint density at radius 1 is 1.19 bits per heavy atom. The molecule has 3 heteroatoms. The van der Waals surface area contributed by atoms with Crippen LogP contribution in [0.15, 0.2) is 0 Å². The first-order valence-corrected chi connectivity index (χ1v) is 6.72. The smallest absolute Gasteiger partial charge is 0.240 e. The maximum absolute atomic E-state index is 12.0. The Morgan fingerprint density at radius 3 is 2.31 bits per heavy atom. The van der Waals surface area contributed by atoms with Gasteiger partial charge in [-0.05, 0) is 49.9 Å². The number of hydrogen-bond acceptors (Lipinski definition) is 2. The van der Waals surface area contributed by atoms with Crippen molar-refractivity contribution in [2.45, 2.75) is 56.9 Å². The molecule has 0 unspecified atom stereocenters. The van der Waals surface area contributed by atoms with Gasteiger partial charge in [-0.1, -0.05) is 12.8 Å². The summed E-state index contributed by atoms with van der Waals surface area (Å²) in [6.45, 7) is 0.884. The molecule has 1 amide bonds. The lowest BCUT2D eigenvalue weighted by Gasteiger charge is -2.24. The molecule has 3 rings (SSSR count). The molecule has 0 aromatic heterocycles. The van der Waals surface area contributed by atoms with Crippen LogP contribution in [0.4, 0.5) is 0 Å². The average molecular weight is 222 g/mol. The molecule has 3 aliphatic carbocycles. The van der Waals surface area contributed by atoms with Gasteiger partial charge in [-0.3, -0.25) is 4.79 Å². The van der Waals surface area contributed by atoms with Crippen LogP contribution in [0.25, 0.3) is 0 Å². The highest BCUT2D eigenvalue weighted by Crippen LogP contribution is 2.60. The number of carbonyl (C=O) groups excluding carboxylic acids is 1. The van der Waals surface area contributed by atoms with E-state index in [0.717, 1.165) is 38.1 Å². The summed E-state index contributed by atoms with van der Waals surface area (Å²) < 4.78 is 0. The zero-order chi connectivity index (χ0) is 11.2. The van der Waals surface area contributed by atoms with Crippen LogP contribution >= 0.6 is 0 Å². The molecule has 3 nitrogen and oxygen atoms in total. The molecule has 0 saturated heterocycles. The third-order valence-electron chi connectivity index (χ3n) is 4.88. The lowest BCUT2D eigenvalue weighted by molar-refractivity contribution is -0.126. The van der Waals surface area contributed by atoms with Gasteiger partial charge in [-0.2, -0.15) is 0 Å². The minimum atomic E-state index is -0.542. The van der Waals surface area contributed by atoms with Crippen molar-refractivity contribution in [2.75, 3.05) is 6.54 Å². The monoisotopic (exact) mass is 222 g/mol. The molecule has 0 radical (unpaired) electrons. The quantitative estimate of drug-likeness (QED) is 0.758. The van der Waals surface area contributed by atoms with Crippen molar-refractivity contribution in [3.63, 3.8) is 0 Å². The Balaban J connectivity index is 1.53. The van der Waals surface area contributed by atoms with Crippen LogP contribution in [0.2, 0.25) is 0 Å². The molecule has 0 aromatic carbocycles. The highest BCUT2D eigenvalue weighted by molar-refractivity contribution is 5.86. The van der Waals surface area contributed by atoms with Gasteiger partial charge in [0.05, 0.1) is 5.54 Å². The van der Waals surface area contributed by atoms with Crippen molar-refractivity contribution in [3.05, 3.63) is 0 Å². The molecule has 3 aliphatic rings. The van der Waals surface area contributed by atoms with E-state index in [1.807, 2.05) is 0 Å². The standard InChI is InChI=1S/C13H22N2O/c14-13(5-1-2-6-13)11(16)15-9-12(7-8-12)10-3-4-10/h10H,1-9,14H2,(H,15,16). The Hall–Kier alpha value is -0.570. The summed E-state index contributed by atoms with van der Waals surface area (Å²) in [7, 11) is 0. The largest absolute Gasteiger partial charge is 0.354 e. The van der Waals surface area contributed by atoms with Crippen molar-refractivity contribution in [2.24, 2.45) is 17.1 Å². The maximum atomic E-state index is 12.0. The fraction of sp³-hybridized carbons (Fsp3) is 0.923. The first-order valence-electron chi connectivity index (χ1n) is 6.72. The summed E-state index contributed by atoms with van der Waals surface area (Å²) in [5, 5.41) is 3.13. The van der Waals surface area contributed by atoms with E-state index in [1.165, 1.54) is 25.7 Å². The fourth-order valence-electron chi connectivity index (χ4n) is 3.25. The van der Waals surface area contributed by atoms with E-state index in [4.69, 9.17) is 5.73 Å². The lowest BCUT2D eigenvalue weighted by atomic mass is 9.96. The molecule has 0 heterocycles. The van der Waals surface area contributed by atoms with Gasteiger partial charge in [0, 0.05) is 6.54 Å². The van der Waals surface area contributed by atoms with Gasteiger partial charge < -0.3 is 11.1 Å². The van der Waals surface area contributed by atoms with E-state index in [2.05, 4.69) is 5.32 Å². The van der Waals surface area contributed by atoms with Gasteiger partial charge in [0.2, 0.25) is 5.91 Å². The zero-order valence-electron chi connectivity index (χ0n) is 9.93. The Labute approximate surface area is 97.2 Å². The number of amides is 1. The van der Waals surface area contributed by atoms with E-state index in [-0.39, 0.29) is 5.91 Å². The lowest BCUT2D eigenvalue weighted by Crippen LogP contribution is -2.53. The predicted octanol–water partition coefficient (Wildman–Crippen LogP) is 1.56. The highest BCUT2D eigenvalue weighted by Gasteiger charge is 2.54. The number of rotatable bonds is 4. The van der Waals surface area contributed by atoms with Gasteiger partial charge in [0.15, 0.2) is 0 Å². The normalized spacial score (nSPS) is 30.1. The van der Waals surface area contributed by atoms with Crippen LogP contribution in [0.1, 0.15) is 51.4 Å². The van der Waals surface area contributed by atoms with E-state index < -0.39 is 5.54 Å². The summed E-state index contributed by atoms with van der Waals surface area (Å²) >= 11 is 0.